The van der Waals surface area contributed by atoms with E-state index in [9.17, 15) is 5.11 Å². The number of aromatic nitrogens is 2. The molecule has 1 heterocycles. The van der Waals surface area contributed by atoms with Gasteiger partial charge in [0.15, 0.2) is 0 Å². The molecule has 154 valence electrons. The van der Waals surface area contributed by atoms with E-state index in [1.807, 2.05) is 74.0 Å². The number of aliphatic hydroxyl groups is 1. The van der Waals surface area contributed by atoms with Gasteiger partial charge < -0.3 is 9.84 Å². The third-order valence-electron chi connectivity index (χ3n) is 4.49. The fourth-order valence-corrected chi connectivity index (χ4v) is 3.28. The summed E-state index contributed by atoms with van der Waals surface area (Å²) in [7, 11) is 1.65. The van der Waals surface area contributed by atoms with Gasteiger partial charge in [0.1, 0.15) is 12.0 Å². The lowest BCUT2D eigenvalue weighted by Gasteiger charge is -2.24. The van der Waals surface area contributed by atoms with Crippen molar-refractivity contribution in [3.63, 3.8) is 0 Å². The van der Waals surface area contributed by atoms with E-state index in [1.54, 1.807) is 7.11 Å². The molecule has 3 rings (SSSR count). The van der Waals surface area contributed by atoms with Crippen LogP contribution in [-0.4, -0.2) is 33.8 Å². The maximum Gasteiger partial charge on any atom is 0.119 e. The van der Waals surface area contributed by atoms with Crippen molar-refractivity contribution in [2.45, 2.75) is 45.4 Å². The van der Waals surface area contributed by atoms with Gasteiger partial charge in [-0.25, -0.2) is 4.68 Å². The SMILES string of the molecule is COc1ccc(-n2nc(CCC(O)NC(C)(C)C)cc2-c2ccc(Cl)cc2)cc1. The lowest BCUT2D eigenvalue weighted by atomic mass is 10.1. The van der Waals surface area contributed by atoms with Gasteiger partial charge in [0.05, 0.1) is 24.2 Å². The Balaban J connectivity index is 1.89. The van der Waals surface area contributed by atoms with E-state index >= 15 is 0 Å². The van der Waals surface area contributed by atoms with Crippen molar-refractivity contribution in [3.8, 4) is 22.7 Å². The summed E-state index contributed by atoms with van der Waals surface area (Å²) < 4.78 is 7.18. The minimum Gasteiger partial charge on any atom is -0.497 e. The molecule has 0 radical (unpaired) electrons. The van der Waals surface area contributed by atoms with Crippen molar-refractivity contribution in [1.29, 1.82) is 0 Å². The normalized spacial score (nSPS) is 12.8. The van der Waals surface area contributed by atoms with Crippen LogP contribution in [0.5, 0.6) is 5.75 Å². The Morgan fingerprint density at radius 3 is 2.34 bits per heavy atom. The lowest BCUT2D eigenvalue weighted by molar-refractivity contribution is 0.0978. The molecule has 2 N–H and O–H groups in total. The molecule has 2 aromatic carbocycles. The molecular formula is C23H28ClN3O2. The zero-order chi connectivity index (χ0) is 21.0. The van der Waals surface area contributed by atoms with Crippen LogP contribution in [0.3, 0.4) is 0 Å². The summed E-state index contributed by atoms with van der Waals surface area (Å²) in [6, 6.07) is 17.6. The number of hydrogen-bond donors (Lipinski definition) is 2. The number of aliphatic hydroxyl groups excluding tert-OH is 1. The number of aryl methyl sites for hydroxylation is 1. The minimum atomic E-state index is -0.583. The minimum absolute atomic E-state index is 0.143. The molecule has 0 aliphatic heterocycles. The first-order chi connectivity index (χ1) is 13.7. The zero-order valence-corrected chi connectivity index (χ0v) is 18.1. The van der Waals surface area contributed by atoms with Crippen molar-refractivity contribution in [2.24, 2.45) is 0 Å². The van der Waals surface area contributed by atoms with Crippen LogP contribution in [0.1, 0.15) is 32.9 Å². The molecular weight excluding hydrogens is 386 g/mol. The van der Waals surface area contributed by atoms with Gasteiger partial charge >= 0.3 is 0 Å². The number of halogens is 1. The maximum atomic E-state index is 10.3. The molecule has 0 fully saturated rings. The average molecular weight is 414 g/mol. The van der Waals surface area contributed by atoms with Crippen molar-refractivity contribution in [1.82, 2.24) is 15.1 Å². The standard InChI is InChI=1S/C23H28ClN3O2/c1-23(2,3)25-22(28)14-9-18-15-21(16-5-7-17(24)8-6-16)27(26-18)19-10-12-20(29-4)13-11-19/h5-8,10-13,15,22,25,28H,9,14H2,1-4H3. The number of methoxy groups -OCH3 is 1. The smallest absolute Gasteiger partial charge is 0.119 e. The van der Waals surface area contributed by atoms with Crippen LogP contribution in [0, 0.1) is 0 Å². The van der Waals surface area contributed by atoms with E-state index in [2.05, 4.69) is 11.4 Å². The maximum absolute atomic E-state index is 10.3. The van der Waals surface area contributed by atoms with Crippen molar-refractivity contribution in [3.05, 3.63) is 65.3 Å². The molecule has 5 nitrogen and oxygen atoms in total. The van der Waals surface area contributed by atoms with E-state index in [-0.39, 0.29) is 5.54 Å². The fourth-order valence-electron chi connectivity index (χ4n) is 3.16. The molecule has 0 amide bonds. The van der Waals surface area contributed by atoms with E-state index in [1.165, 1.54) is 0 Å². The summed E-state index contributed by atoms with van der Waals surface area (Å²) in [5.41, 5.74) is 3.71. The Bertz CT molecular complexity index is 928. The summed E-state index contributed by atoms with van der Waals surface area (Å²) in [6.45, 7) is 6.10. The van der Waals surface area contributed by atoms with Crippen LogP contribution in [0.4, 0.5) is 0 Å². The summed E-state index contributed by atoms with van der Waals surface area (Å²) in [5, 5.41) is 19.0. The molecule has 29 heavy (non-hydrogen) atoms. The van der Waals surface area contributed by atoms with Crippen molar-refractivity contribution < 1.29 is 9.84 Å². The van der Waals surface area contributed by atoms with Crippen molar-refractivity contribution >= 4 is 11.6 Å². The topological polar surface area (TPSA) is 59.3 Å². The number of benzene rings is 2. The summed E-state index contributed by atoms with van der Waals surface area (Å²) >= 11 is 6.06. The predicted molar refractivity (Wildman–Crippen MR) is 118 cm³/mol. The molecule has 1 atom stereocenters. The molecule has 0 aliphatic carbocycles. The highest BCUT2D eigenvalue weighted by molar-refractivity contribution is 6.30. The third kappa shape index (κ3) is 5.82. The van der Waals surface area contributed by atoms with Crippen LogP contribution in [0.15, 0.2) is 54.6 Å². The molecule has 0 saturated carbocycles. The van der Waals surface area contributed by atoms with Crippen LogP contribution < -0.4 is 10.1 Å². The van der Waals surface area contributed by atoms with Gasteiger partial charge in [-0.1, -0.05) is 23.7 Å². The number of hydrogen-bond acceptors (Lipinski definition) is 4. The monoisotopic (exact) mass is 413 g/mol. The summed E-state index contributed by atoms with van der Waals surface area (Å²) in [6.07, 6.45) is 0.658. The predicted octanol–water partition coefficient (Wildman–Crippen LogP) is 4.84. The second-order valence-corrected chi connectivity index (χ2v) is 8.52. The molecule has 0 saturated heterocycles. The second kappa shape index (κ2) is 8.99. The Hall–Kier alpha value is -2.34. The first-order valence-electron chi connectivity index (χ1n) is 9.70. The number of rotatable bonds is 7. The van der Waals surface area contributed by atoms with Gasteiger partial charge in [-0.05, 0) is 76.1 Å². The zero-order valence-electron chi connectivity index (χ0n) is 17.3. The molecule has 6 heteroatoms. The Labute approximate surface area is 177 Å². The van der Waals surface area contributed by atoms with Gasteiger partial charge in [0, 0.05) is 16.1 Å². The van der Waals surface area contributed by atoms with E-state index in [0.29, 0.717) is 17.9 Å². The lowest BCUT2D eigenvalue weighted by Crippen LogP contribution is -2.43. The van der Waals surface area contributed by atoms with Crippen LogP contribution in [0.25, 0.3) is 16.9 Å². The fraction of sp³-hybridized carbons (Fsp3) is 0.348. The van der Waals surface area contributed by atoms with E-state index in [0.717, 1.165) is 28.4 Å². The highest BCUT2D eigenvalue weighted by atomic mass is 35.5. The summed E-state index contributed by atoms with van der Waals surface area (Å²) in [4.78, 5) is 0. The first-order valence-corrected chi connectivity index (χ1v) is 10.1. The van der Waals surface area contributed by atoms with Crippen LogP contribution in [-0.2, 0) is 6.42 Å². The summed E-state index contributed by atoms with van der Waals surface area (Å²) in [5.74, 6) is 0.797. The highest BCUT2D eigenvalue weighted by Gasteiger charge is 2.17. The molecule has 3 aromatic rings. The molecule has 1 aromatic heterocycles. The second-order valence-electron chi connectivity index (χ2n) is 8.09. The number of nitrogens with one attached hydrogen (secondary N) is 1. The van der Waals surface area contributed by atoms with Crippen LogP contribution >= 0.6 is 11.6 Å². The van der Waals surface area contributed by atoms with Gasteiger partial charge in [0.2, 0.25) is 0 Å². The average Bonchev–Trinajstić information content (AvgIpc) is 3.10. The van der Waals surface area contributed by atoms with Gasteiger partial charge in [-0.2, -0.15) is 5.10 Å². The first kappa shape index (κ1) is 21.4. The Morgan fingerprint density at radius 2 is 1.76 bits per heavy atom. The Kier molecular flexibility index (Phi) is 6.63. The van der Waals surface area contributed by atoms with Gasteiger partial charge in [0.25, 0.3) is 0 Å². The highest BCUT2D eigenvalue weighted by Crippen LogP contribution is 2.27. The van der Waals surface area contributed by atoms with Crippen LogP contribution in [0.2, 0.25) is 5.02 Å². The van der Waals surface area contributed by atoms with Crippen molar-refractivity contribution in [2.75, 3.05) is 7.11 Å². The van der Waals surface area contributed by atoms with Gasteiger partial charge in [-0.3, -0.25) is 5.32 Å². The molecule has 0 spiro atoms. The molecule has 0 aliphatic rings. The molecule has 1 unspecified atom stereocenters. The molecule has 0 bridgehead atoms. The van der Waals surface area contributed by atoms with Gasteiger partial charge in [-0.15, -0.1) is 0 Å². The van der Waals surface area contributed by atoms with E-state index < -0.39 is 6.23 Å². The quantitative estimate of drug-likeness (QED) is 0.544. The third-order valence-corrected chi connectivity index (χ3v) is 4.74. The number of ether oxygens (including phenoxy) is 1. The largest absolute Gasteiger partial charge is 0.497 e. The Morgan fingerprint density at radius 1 is 1.10 bits per heavy atom. The van der Waals surface area contributed by atoms with E-state index in [4.69, 9.17) is 21.4 Å². The number of nitrogens with zero attached hydrogens (tertiary/aromatic N) is 2.